The number of rotatable bonds is 5. The second kappa shape index (κ2) is 7.44. The van der Waals surface area contributed by atoms with Gasteiger partial charge in [0, 0.05) is 24.6 Å². The highest BCUT2D eigenvalue weighted by molar-refractivity contribution is 5.60. The molecule has 0 radical (unpaired) electrons. The van der Waals surface area contributed by atoms with Gasteiger partial charge >= 0.3 is 0 Å². The lowest BCUT2D eigenvalue weighted by Gasteiger charge is -2.12. The minimum Gasteiger partial charge on any atom is -0.439 e. The molecule has 30 heavy (non-hydrogen) atoms. The molecule has 0 saturated heterocycles. The van der Waals surface area contributed by atoms with Gasteiger partial charge in [0.1, 0.15) is 22.8 Å². The first-order chi connectivity index (χ1) is 14.3. The molecule has 0 aliphatic heterocycles. The molecule has 3 heterocycles. The zero-order chi connectivity index (χ0) is 21.6. The van der Waals surface area contributed by atoms with Crippen molar-refractivity contribution >= 4 is 5.52 Å². The SMILES string of the molecule is CC(C)c1ncc2c(=O)n(C)c(Oc3ccc(-c4nn(C(C)C)cc4F)cc3)cn12. The maximum Gasteiger partial charge on any atom is 0.279 e. The van der Waals surface area contributed by atoms with E-state index < -0.39 is 0 Å². The van der Waals surface area contributed by atoms with Crippen LogP contribution in [0.4, 0.5) is 4.39 Å². The summed E-state index contributed by atoms with van der Waals surface area (Å²) in [6.45, 7) is 7.93. The molecule has 0 N–H and O–H groups in total. The van der Waals surface area contributed by atoms with Gasteiger partial charge in [-0.05, 0) is 38.1 Å². The summed E-state index contributed by atoms with van der Waals surface area (Å²) < 4.78 is 25.0. The van der Waals surface area contributed by atoms with E-state index in [9.17, 15) is 9.18 Å². The Labute approximate surface area is 173 Å². The Morgan fingerprint density at radius 1 is 1.07 bits per heavy atom. The Morgan fingerprint density at radius 3 is 2.37 bits per heavy atom. The van der Waals surface area contributed by atoms with Crippen LogP contribution in [0.5, 0.6) is 11.6 Å². The van der Waals surface area contributed by atoms with Crippen molar-refractivity contribution in [3.63, 3.8) is 0 Å². The fourth-order valence-electron chi connectivity index (χ4n) is 3.29. The maximum atomic E-state index is 14.3. The predicted octanol–water partition coefficient (Wildman–Crippen LogP) is 4.53. The molecule has 3 aromatic heterocycles. The maximum absolute atomic E-state index is 14.3. The number of halogens is 1. The summed E-state index contributed by atoms with van der Waals surface area (Å²) in [4.78, 5) is 17.0. The van der Waals surface area contributed by atoms with Crippen molar-refractivity contribution in [3.05, 3.63) is 64.9 Å². The minimum atomic E-state index is -0.369. The third-order valence-electron chi connectivity index (χ3n) is 5.00. The quantitative estimate of drug-likeness (QED) is 0.486. The highest BCUT2D eigenvalue weighted by Crippen LogP contribution is 2.27. The number of hydrogen-bond donors (Lipinski definition) is 0. The molecule has 156 valence electrons. The molecule has 7 nitrogen and oxygen atoms in total. The van der Waals surface area contributed by atoms with Crippen LogP contribution in [0.2, 0.25) is 0 Å². The van der Waals surface area contributed by atoms with Crippen molar-refractivity contribution in [3.8, 4) is 22.9 Å². The van der Waals surface area contributed by atoms with Crippen molar-refractivity contribution < 1.29 is 9.13 Å². The zero-order valence-electron chi connectivity index (χ0n) is 17.6. The van der Waals surface area contributed by atoms with Crippen LogP contribution in [0.1, 0.15) is 45.5 Å². The molecule has 0 aliphatic rings. The second-order valence-electron chi connectivity index (χ2n) is 7.88. The summed E-state index contributed by atoms with van der Waals surface area (Å²) in [6.07, 6.45) is 4.74. The standard InChI is InChI=1S/C22H24FN5O2/c1-13(2)21-24-10-18-22(29)26(5)19(12-27(18)21)30-16-8-6-15(7-9-16)20-17(23)11-28(25-20)14(3)4/h6-14H,1-5H3. The molecule has 0 bridgehead atoms. The van der Waals surface area contributed by atoms with Gasteiger partial charge in [0.15, 0.2) is 5.82 Å². The van der Waals surface area contributed by atoms with Crippen molar-refractivity contribution in [1.29, 1.82) is 0 Å². The predicted molar refractivity (Wildman–Crippen MR) is 113 cm³/mol. The molecule has 0 unspecified atom stereocenters. The Hall–Kier alpha value is -3.42. The third-order valence-corrected chi connectivity index (χ3v) is 5.00. The van der Waals surface area contributed by atoms with Gasteiger partial charge in [-0.15, -0.1) is 0 Å². The lowest BCUT2D eigenvalue weighted by molar-refractivity contribution is 0.430. The van der Waals surface area contributed by atoms with Crippen molar-refractivity contribution in [1.82, 2.24) is 23.7 Å². The highest BCUT2D eigenvalue weighted by atomic mass is 19.1. The van der Waals surface area contributed by atoms with Crippen molar-refractivity contribution in [2.45, 2.75) is 39.7 Å². The van der Waals surface area contributed by atoms with E-state index in [0.29, 0.717) is 28.4 Å². The van der Waals surface area contributed by atoms with Crippen LogP contribution in [0.25, 0.3) is 16.8 Å². The van der Waals surface area contributed by atoms with Crippen LogP contribution >= 0.6 is 0 Å². The number of fused-ring (bicyclic) bond motifs is 1. The van der Waals surface area contributed by atoms with Gasteiger partial charge in [-0.2, -0.15) is 5.10 Å². The van der Waals surface area contributed by atoms with Crippen LogP contribution in [0.15, 0.2) is 47.7 Å². The summed E-state index contributed by atoms with van der Waals surface area (Å²) in [5, 5.41) is 4.32. The van der Waals surface area contributed by atoms with Gasteiger partial charge in [0.2, 0.25) is 5.88 Å². The minimum absolute atomic E-state index is 0.0750. The second-order valence-corrected chi connectivity index (χ2v) is 7.88. The monoisotopic (exact) mass is 409 g/mol. The molecule has 4 rings (SSSR count). The number of aromatic nitrogens is 5. The fourth-order valence-corrected chi connectivity index (χ4v) is 3.29. The van der Waals surface area contributed by atoms with Gasteiger partial charge in [-0.3, -0.25) is 18.4 Å². The molecular weight excluding hydrogens is 385 g/mol. The summed E-state index contributed by atoms with van der Waals surface area (Å²) in [7, 11) is 1.65. The number of benzene rings is 1. The van der Waals surface area contributed by atoms with Crippen LogP contribution in [0.3, 0.4) is 0 Å². The molecule has 0 saturated carbocycles. The lowest BCUT2D eigenvalue weighted by Crippen LogP contribution is -2.20. The smallest absolute Gasteiger partial charge is 0.279 e. The Balaban J connectivity index is 1.67. The number of ether oxygens (including phenoxy) is 1. The van der Waals surface area contributed by atoms with Gasteiger partial charge in [0.25, 0.3) is 5.56 Å². The zero-order valence-corrected chi connectivity index (χ0v) is 17.6. The molecular formula is C22H24FN5O2. The van der Waals surface area contributed by atoms with Crippen LogP contribution in [0, 0.1) is 5.82 Å². The van der Waals surface area contributed by atoms with Crippen LogP contribution in [-0.4, -0.2) is 23.7 Å². The first-order valence-corrected chi connectivity index (χ1v) is 9.86. The van der Waals surface area contributed by atoms with Gasteiger partial charge in [0.05, 0.1) is 18.6 Å². The van der Waals surface area contributed by atoms with Gasteiger partial charge in [-0.25, -0.2) is 9.37 Å². The average Bonchev–Trinajstić information content (AvgIpc) is 3.30. The van der Waals surface area contributed by atoms with E-state index in [0.717, 1.165) is 5.82 Å². The molecule has 4 aromatic rings. The van der Waals surface area contributed by atoms with E-state index in [2.05, 4.69) is 10.1 Å². The molecule has 1 aromatic carbocycles. The topological polar surface area (TPSA) is 66.4 Å². The van der Waals surface area contributed by atoms with E-state index in [4.69, 9.17) is 4.74 Å². The molecule has 0 amide bonds. The first-order valence-electron chi connectivity index (χ1n) is 9.86. The Morgan fingerprint density at radius 2 is 1.77 bits per heavy atom. The van der Waals surface area contributed by atoms with Crippen LogP contribution < -0.4 is 10.3 Å². The van der Waals surface area contributed by atoms with E-state index in [1.54, 1.807) is 52.8 Å². The van der Waals surface area contributed by atoms with E-state index in [1.807, 2.05) is 27.7 Å². The summed E-state index contributed by atoms with van der Waals surface area (Å²) in [6, 6.07) is 7.04. The molecule has 0 fully saturated rings. The summed E-state index contributed by atoms with van der Waals surface area (Å²) in [5.41, 5.74) is 1.26. The average molecular weight is 409 g/mol. The molecule has 0 aliphatic carbocycles. The fraction of sp³-hybridized carbons (Fsp3) is 0.318. The van der Waals surface area contributed by atoms with E-state index >= 15 is 0 Å². The van der Waals surface area contributed by atoms with E-state index in [1.165, 1.54) is 10.8 Å². The Bertz CT molecular complexity index is 1270. The molecule has 8 heteroatoms. The van der Waals surface area contributed by atoms with Crippen molar-refractivity contribution in [2.75, 3.05) is 0 Å². The summed E-state index contributed by atoms with van der Waals surface area (Å²) >= 11 is 0. The number of nitrogens with zero attached hydrogens (tertiary/aromatic N) is 5. The summed E-state index contributed by atoms with van der Waals surface area (Å²) in [5.74, 6) is 1.50. The normalized spacial score (nSPS) is 11.7. The first kappa shape index (κ1) is 19.9. The number of imidazole rings is 1. The number of hydrogen-bond acceptors (Lipinski definition) is 4. The van der Waals surface area contributed by atoms with E-state index in [-0.39, 0.29) is 23.3 Å². The Kier molecular flexibility index (Phi) is 4.93. The van der Waals surface area contributed by atoms with Gasteiger partial charge in [-0.1, -0.05) is 13.8 Å². The molecule has 0 atom stereocenters. The highest BCUT2D eigenvalue weighted by Gasteiger charge is 2.16. The molecule has 0 spiro atoms. The third kappa shape index (κ3) is 3.38. The van der Waals surface area contributed by atoms with Crippen LogP contribution in [-0.2, 0) is 7.05 Å². The van der Waals surface area contributed by atoms with Crippen molar-refractivity contribution in [2.24, 2.45) is 7.05 Å². The largest absolute Gasteiger partial charge is 0.439 e. The lowest BCUT2D eigenvalue weighted by atomic mass is 10.1. The van der Waals surface area contributed by atoms with Gasteiger partial charge < -0.3 is 4.74 Å².